The smallest absolute Gasteiger partial charge is 0.338 e. The summed E-state index contributed by atoms with van der Waals surface area (Å²) in [7, 11) is 0. The number of aromatic nitrogens is 2. The molecule has 0 amide bonds. The second-order valence-electron chi connectivity index (χ2n) is 5.19. The van der Waals surface area contributed by atoms with E-state index in [9.17, 15) is 4.79 Å². The Balaban J connectivity index is 1.68. The first-order valence-electron chi connectivity index (χ1n) is 7.26. The fourth-order valence-electron chi connectivity index (χ4n) is 2.19. The minimum Gasteiger partial charge on any atom is -0.452 e. The van der Waals surface area contributed by atoms with E-state index in [4.69, 9.17) is 9.15 Å². The minimum atomic E-state index is -0.398. The van der Waals surface area contributed by atoms with Gasteiger partial charge in [-0.1, -0.05) is 30.3 Å². The fraction of sp³-hybridized carbons (Fsp3) is 0.167. The summed E-state index contributed by atoms with van der Waals surface area (Å²) in [6.45, 7) is 3.80. The minimum absolute atomic E-state index is 0.0496. The largest absolute Gasteiger partial charge is 0.452 e. The Morgan fingerprint density at radius 1 is 1.04 bits per heavy atom. The molecule has 0 aliphatic carbocycles. The quantitative estimate of drug-likeness (QED) is 0.687. The zero-order chi connectivity index (χ0) is 16.2. The van der Waals surface area contributed by atoms with Crippen molar-refractivity contribution in [1.29, 1.82) is 0 Å². The molecule has 0 radical (unpaired) electrons. The highest BCUT2D eigenvalue weighted by Crippen LogP contribution is 2.18. The van der Waals surface area contributed by atoms with Crippen LogP contribution in [0.4, 0.5) is 0 Å². The van der Waals surface area contributed by atoms with Gasteiger partial charge in [0.2, 0.25) is 5.89 Å². The lowest BCUT2D eigenvalue weighted by Crippen LogP contribution is -2.08. The van der Waals surface area contributed by atoms with Crippen molar-refractivity contribution >= 4 is 5.97 Å². The molecule has 0 saturated carbocycles. The molecule has 0 aliphatic heterocycles. The third-order valence-electron chi connectivity index (χ3n) is 3.64. The number of hydrogen-bond acceptors (Lipinski definition) is 5. The van der Waals surface area contributed by atoms with Crippen LogP contribution >= 0.6 is 0 Å². The Kier molecular flexibility index (Phi) is 4.19. The Morgan fingerprint density at radius 3 is 2.61 bits per heavy atom. The summed E-state index contributed by atoms with van der Waals surface area (Å²) in [5.41, 5.74) is 3.33. The van der Waals surface area contributed by atoms with Crippen molar-refractivity contribution in [3.63, 3.8) is 0 Å². The summed E-state index contributed by atoms with van der Waals surface area (Å²) in [5.74, 6) is 0.275. The third-order valence-corrected chi connectivity index (χ3v) is 3.64. The standard InChI is InChI=1S/C18H16N2O3/c1-12-7-6-10-15(13(12)2)18(21)22-11-16-19-20-17(23-16)14-8-4-3-5-9-14/h3-10H,11H2,1-2H3. The van der Waals surface area contributed by atoms with Gasteiger partial charge in [-0.25, -0.2) is 4.79 Å². The van der Waals surface area contributed by atoms with E-state index in [0.29, 0.717) is 11.5 Å². The van der Waals surface area contributed by atoms with Crippen LogP contribution in [0.15, 0.2) is 52.9 Å². The molecule has 1 heterocycles. The van der Waals surface area contributed by atoms with E-state index < -0.39 is 5.97 Å². The summed E-state index contributed by atoms with van der Waals surface area (Å²) in [5, 5.41) is 7.87. The highest BCUT2D eigenvalue weighted by Gasteiger charge is 2.14. The van der Waals surface area contributed by atoms with Crippen molar-refractivity contribution in [2.75, 3.05) is 0 Å². The van der Waals surface area contributed by atoms with E-state index in [1.807, 2.05) is 56.3 Å². The zero-order valence-electron chi connectivity index (χ0n) is 12.9. The fourth-order valence-corrected chi connectivity index (χ4v) is 2.19. The van der Waals surface area contributed by atoms with Gasteiger partial charge < -0.3 is 9.15 Å². The van der Waals surface area contributed by atoms with E-state index in [-0.39, 0.29) is 12.5 Å². The van der Waals surface area contributed by atoms with Gasteiger partial charge in [-0.3, -0.25) is 0 Å². The SMILES string of the molecule is Cc1cccc(C(=O)OCc2nnc(-c3ccccc3)o2)c1C. The molecule has 0 atom stereocenters. The van der Waals surface area contributed by atoms with Crippen LogP contribution in [0.5, 0.6) is 0 Å². The molecular weight excluding hydrogens is 292 g/mol. The Labute approximate surface area is 133 Å². The normalized spacial score (nSPS) is 10.5. The molecule has 0 unspecified atom stereocenters. The lowest BCUT2D eigenvalue weighted by atomic mass is 10.0. The molecule has 0 aliphatic rings. The van der Waals surface area contributed by atoms with Crippen LogP contribution in [0.25, 0.3) is 11.5 Å². The maximum absolute atomic E-state index is 12.2. The molecule has 3 rings (SSSR count). The van der Waals surface area contributed by atoms with Gasteiger partial charge in [-0.05, 0) is 43.2 Å². The van der Waals surface area contributed by atoms with Crippen molar-refractivity contribution in [1.82, 2.24) is 10.2 Å². The Morgan fingerprint density at radius 2 is 1.83 bits per heavy atom. The molecule has 0 spiro atoms. The van der Waals surface area contributed by atoms with Gasteiger partial charge >= 0.3 is 5.97 Å². The molecule has 116 valence electrons. The van der Waals surface area contributed by atoms with Gasteiger partial charge in [0.1, 0.15) is 0 Å². The number of hydrogen-bond donors (Lipinski definition) is 0. The lowest BCUT2D eigenvalue weighted by Gasteiger charge is -2.07. The van der Waals surface area contributed by atoms with Crippen molar-refractivity contribution < 1.29 is 13.9 Å². The van der Waals surface area contributed by atoms with Crippen LogP contribution in [0, 0.1) is 13.8 Å². The van der Waals surface area contributed by atoms with Crippen molar-refractivity contribution in [3.05, 3.63) is 71.1 Å². The summed E-state index contributed by atoms with van der Waals surface area (Å²) in [4.78, 5) is 12.2. The molecule has 1 aromatic heterocycles. The third kappa shape index (κ3) is 3.29. The van der Waals surface area contributed by atoms with Gasteiger partial charge in [0.25, 0.3) is 5.89 Å². The average molecular weight is 308 g/mol. The van der Waals surface area contributed by atoms with E-state index in [1.54, 1.807) is 6.07 Å². The maximum atomic E-state index is 12.2. The topological polar surface area (TPSA) is 65.2 Å². The van der Waals surface area contributed by atoms with Crippen LogP contribution in [0.3, 0.4) is 0 Å². The van der Waals surface area contributed by atoms with Gasteiger partial charge in [-0.2, -0.15) is 0 Å². The number of nitrogens with zero attached hydrogens (tertiary/aromatic N) is 2. The van der Waals surface area contributed by atoms with Gasteiger partial charge in [0, 0.05) is 5.56 Å². The highest BCUT2D eigenvalue weighted by molar-refractivity contribution is 5.91. The van der Waals surface area contributed by atoms with Crippen molar-refractivity contribution in [2.45, 2.75) is 20.5 Å². The second-order valence-corrected chi connectivity index (χ2v) is 5.19. The Hall–Kier alpha value is -2.95. The lowest BCUT2D eigenvalue weighted by molar-refractivity contribution is 0.0437. The number of aryl methyl sites for hydroxylation is 1. The summed E-state index contributed by atoms with van der Waals surface area (Å²) in [6.07, 6.45) is 0. The number of carbonyl (C=O) groups excluding carboxylic acids is 1. The molecule has 5 nitrogen and oxygen atoms in total. The number of ether oxygens (including phenoxy) is 1. The van der Waals surface area contributed by atoms with E-state index in [2.05, 4.69) is 10.2 Å². The predicted octanol–water partition coefficient (Wildman–Crippen LogP) is 3.71. The average Bonchev–Trinajstić information content (AvgIpc) is 3.05. The van der Waals surface area contributed by atoms with Gasteiger partial charge in [-0.15, -0.1) is 10.2 Å². The van der Waals surface area contributed by atoms with E-state index in [0.717, 1.165) is 16.7 Å². The second kappa shape index (κ2) is 6.44. The Bertz CT molecular complexity index is 825. The van der Waals surface area contributed by atoms with Gasteiger partial charge in [0.05, 0.1) is 5.56 Å². The molecule has 0 fully saturated rings. The zero-order valence-corrected chi connectivity index (χ0v) is 12.9. The molecule has 3 aromatic rings. The van der Waals surface area contributed by atoms with Gasteiger partial charge in [0.15, 0.2) is 6.61 Å². The summed E-state index contributed by atoms with van der Waals surface area (Å²) in [6, 6.07) is 15.0. The first kappa shape index (κ1) is 15.0. The molecular formula is C18H16N2O3. The summed E-state index contributed by atoms with van der Waals surface area (Å²) >= 11 is 0. The molecule has 23 heavy (non-hydrogen) atoms. The highest BCUT2D eigenvalue weighted by atomic mass is 16.5. The van der Waals surface area contributed by atoms with Crippen molar-refractivity contribution in [3.8, 4) is 11.5 Å². The van der Waals surface area contributed by atoms with E-state index in [1.165, 1.54) is 0 Å². The molecule has 0 N–H and O–H groups in total. The number of esters is 1. The molecule has 2 aromatic carbocycles. The number of carbonyl (C=O) groups is 1. The van der Waals surface area contributed by atoms with E-state index >= 15 is 0 Å². The maximum Gasteiger partial charge on any atom is 0.338 e. The predicted molar refractivity (Wildman–Crippen MR) is 84.8 cm³/mol. The molecule has 0 bridgehead atoms. The monoisotopic (exact) mass is 308 g/mol. The molecule has 5 heteroatoms. The molecule has 0 saturated heterocycles. The van der Waals surface area contributed by atoms with Crippen LogP contribution in [0.1, 0.15) is 27.4 Å². The first-order chi connectivity index (χ1) is 11.1. The summed E-state index contributed by atoms with van der Waals surface area (Å²) < 4.78 is 10.8. The van der Waals surface area contributed by atoms with Crippen LogP contribution < -0.4 is 0 Å². The number of rotatable bonds is 4. The first-order valence-corrected chi connectivity index (χ1v) is 7.26. The number of benzene rings is 2. The van der Waals surface area contributed by atoms with Crippen LogP contribution in [-0.2, 0) is 11.3 Å². The van der Waals surface area contributed by atoms with Crippen LogP contribution in [-0.4, -0.2) is 16.2 Å². The van der Waals surface area contributed by atoms with Crippen molar-refractivity contribution in [2.24, 2.45) is 0 Å². The van der Waals surface area contributed by atoms with Crippen LogP contribution in [0.2, 0.25) is 0 Å².